The molecular weight excluding hydrogens is 246 g/mol. The van der Waals surface area contributed by atoms with Crippen LogP contribution in [0.4, 0.5) is 0 Å². The first-order valence-corrected chi connectivity index (χ1v) is 9.25. The van der Waals surface area contributed by atoms with Gasteiger partial charge >= 0.3 is 5.97 Å². The minimum absolute atomic E-state index is 0.0648. The van der Waals surface area contributed by atoms with Gasteiger partial charge in [0.1, 0.15) is 0 Å². The van der Waals surface area contributed by atoms with E-state index in [9.17, 15) is 4.79 Å². The molecule has 0 saturated carbocycles. The molecule has 0 spiro atoms. The van der Waals surface area contributed by atoms with E-state index >= 15 is 0 Å². The molecule has 18 heavy (non-hydrogen) atoms. The molecule has 0 fully saturated rings. The first kappa shape index (κ1) is 17.1. The minimum Gasteiger partial charge on any atom is -0.466 e. The van der Waals surface area contributed by atoms with Gasteiger partial charge in [-0.2, -0.15) is 5.26 Å². The molecule has 0 heterocycles. The molecule has 0 saturated heterocycles. The highest BCUT2D eigenvalue weighted by Gasteiger charge is 2.39. The summed E-state index contributed by atoms with van der Waals surface area (Å²) in [6.07, 6.45) is 0.0362. The van der Waals surface area contributed by atoms with Crippen molar-refractivity contribution in [3.8, 4) is 6.07 Å². The number of hydrogen-bond donors (Lipinski definition) is 0. The van der Waals surface area contributed by atoms with Crippen molar-refractivity contribution in [1.82, 2.24) is 0 Å². The summed E-state index contributed by atoms with van der Waals surface area (Å²) >= 11 is 0. The molecule has 1 atom stereocenters. The molecule has 5 heteroatoms. The molecule has 0 amide bonds. The van der Waals surface area contributed by atoms with E-state index in [1.807, 2.05) is 0 Å². The Balaban J connectivity index is 4.64. The van der Waals surface area contributed by atoms with Gasteiger partial charge in [0.05, 0.1) is 31.6 Å². The third-order valence-corrected chi connectivity index (χ3v) is 7.82. The predicted molar refractivity (Wildman–Crippen MR) is 73.6 cm³/mol. The maximum absolute atomic E-state index is 11.5. The van der Waals surface area contributed by atoms with E-state index in [0.717, 1.165) is 0 Å². The van der Waals surface area contributed by atoms with E-state index in [2.05, 4.69) is 39.9 Å². The third-order valence-electron chi connectivity index (χ3n) is 3.29. The monoisotopic (exact) mass is 271 g/mol. The van der Waals surface area contributed by atoms with Crippen LogP contribution in [0.2, 0.25) is 18.1 Å². The average Bonchev–Trinajstić information content (AvgIpc) is 2.15. The van der Waals surface area contributed by atoms with Crippen LogP contribution in [-0.4, -0.2) is 27.0 Å². The second-order valence-electron chi connectivity index (χ2n) is 5.87. The highest BCUT2D eigenvalue weighted by molar-refractivity contribution is 6.74. The lowest BCUT2D eigenvalue weighted by molar-refractivity contribution is -0.145. The summed E-state index contributed by atoms with van der Waals surface area (Å²) in [5.41, 5.74) is 0. The molecule has 0 N–H and O–H groups in total. The number of carbonyl (C=O) groups excluding carboxylic acids is 1. The summed E-state index contributed by atoms with van der Waals surface area (Å²) < 4.78 is 11.0. The number of carbonyl (C=O) groups is 1. The fourth-order valence-electron chi connectivity index (χ4n) is 1.26. The number of nitrogens with zero attached hydrogens (tertiary/aromatic N) is 1. The van der Waals surface area contributed by atoms with Crippen LogP contribution >= 0.6 is 0 Å². The van der Waals surface area contributed by atoms with Crippen LogP contribution in [0, 0.1) is 11.3 Å². The lowest BCUT2D eigenvalue weighted by Crippen LogP contribution is -2.44. The number of nitriles is 1. The second-order valence-corrected chi connectivity index (χ2v) is 10.6. The summed E-state index contributed by atoms with van der Waals surface area (Å²) in [6.45, 7) is 12.8. The van der Waals surface area contributed by atoms with Crippen molar-refractivity contribution in [2.45, 2.75) is 64.8 Å². The molecule has 0 aromatic rings. The van der Waals surface area contributed by atoms with Crippen LogP contribution in [0.1, 0.15) is 40.5 Å². The normalized spacial score (nSPS) is 13.8. The Labute approximate surface area is 111 Å². The molecule has 0 aliphatic rings. The van der Waals surface area contributed by atoms with E-state index < -0.39 is 8.32 Å². The minimum atomic E-state index is -1.95. The topological polar surface area (TPSA) is 59.3 Å². The van der Waals surface area contributed by atoms with Crippen LogP contribution in [0.5, 0.6) is 0 Å². The number of hydrogen-bond acceptors (Lipinski definition) is 4. The van der Waals surface area contributed by atoms with E-state index in [1.165, 1.54) is 0 Å². The maximum Gasteiger partial charge on any atom is 0.308 e. The van der Waals surface area contributed by atoms with E-state index in [1.54, 1.807) is 6.92 Å². The highest BCUT2D eigenvalue weighted by Crippen LogP contribution is 2.37. The molecule has 0 rings (SSSR count). The van der Waals surface area contributed by atoms with Crippen LogP contribution < -0.4 is 0 Å². The molecule has 0 radical (unpaired) electrons. The lowest BCUT2D eigenvalue weighted by atomic mass is 10.2. The molecule has 0 aromatic carbocycles. The molecule has 104 valence electrons. The molecule has 0 bridgehead atoms. The smallest absolute Gasteiger partial charge is 0.308 e. The highest BCUT2D eigenvalue weighted by atomic mass is 28.4. The van der Waals surface area contributed by atoms with Gasteiger partial charge < -0.3 is 9.16 Å². The van der Waals surface area contributed by atoms with Gasteiger partial charge in [-0.3, -0.25) is 4.79 Å². The van der Waals surface area contributed by atoms with Crippen molar-refractivity contribution < 1.29 is 14.0 Å². The Morgan fingerprint density at radius 2 is 1.94 bits per heavy atom. The van der Waals surface area contributed by atoms with Gasteiger partial charge in [-0.25, -0.2) is 0 Å². The van der Waals surface area contributed by atoms with Crippen molar-refractivity contribution in [2.24, 2.45) is 0 Å². The Kier molecular flexibility index (Phi) is 6.58. The Hall–Kier alpha value is -0.863. The van der Waals surface area contributed by atoms with Crippen molar-refractivity contribution >= 4 is 14.3 Å². The number of esters is 1. The predicted octanol–water partition coefficient (Wildman–Crippen LogP) is 3.24. The summed E-state index contributed by atoms with van der Waals surface area (Å²) in [7, 11) is -1.95. The quantitative estimate of drug-likeness (QED) is 0.549. The van der Waals surface area contributed by atoms with Crippen molar-refractivity contribution in [2.75, 3.05) is 6.61 Å². The van der Waals surface area contributed by atoms with Gasteiger partial charge in [-0.15, -0.1) is 0 Å². The fraction of sp³-hybridized carbons (Fsp3) is 0.846. The van der Waals surface area contributed by atoms with Gasteiger partial charge in [0.25, 0.3) is 0 Å². The van der Waals surface area contributed by atoms with Gasteiger partial charge in [0.15, 0.2) is 8.32 Å². The maximum atomic E-state index is 11.5. The standard InChI is InChI=1S/C13H25NO3Si/c1-7-16-12(15)10-11(8-9-14)17-18(5,6)13(2,3)4/h11H,7-8,10H2,1-6H3/t11-/m1/s1. The number of rotatable bonds is 6. The molecule has 0 aliphatic heterocycles. The zero-order valence-electron chi connectivity index (χ0n) is 12.4. The first-order valence-electron chi connectivity index (χ1n) is 6.34. The van der Waals surface area contributed by atoms with Crippen molar-refractivity contribution in [3.63, 3.8) is 0 Å². The van der Waals surface area contributed by atoms with Crippen LogP contribution in [0.15, 0.2) is 0 Å². The lowest BCUT2D eigenvalue weighted by Gasteiger charge is -2.38. The zero-order chi connectivity index (χ0) is 14.4. The average molecular weight is 271 g/mol. The Morgan fingerprint density at radius 3 is 2.33 bits per heavy atom. The van der Waals surface area contributed by atoms with Crippen LogP contribution in [-0.2, 0) is 14.0 Å². The molecule has 0 aromatic heterocycles. The molecule has 4 nitrogen and oxygen atoms in total. The summed E-state index contributed by atoms with van der Waals surface area (Å²) in [6, 6.07) is 2.08. The molecule has 0 unspecified atom stereocenters. The molecule has 0 aliphatic carbocycles. The summed E-state index contributed by atoms with van der Waals surface area (Å²) in [5, 5.41) is 8.88. The number of ether oxygens (including phenoxy) is 1. The van der Waals surface area contributed by atoms with E-state index in [4.69, 9.17) is 14.4 Å². The zero-order valence-corrected chi connectivity index (χ0v) is 13.4. The largest absolute Gasteiger partial charge is 0.466 e. The van der Waals surface area contributed by atoms with Crippen molar-refractivity contribution in [3.05, 3.63) is 0 Å². The molecular formula is C13H25NO3Si. The fourth-order valence-corrected chi connectivity index (χ4v) is 2.61. The Morgan fingerprint density at radius 1 is 1.39 bits per heavy atom. The second kappa shape index (κ2) is 6.91. The summed E-state index contributed by atoms with van der Waals surface area (Å²) in [5.74, 6) is -0.295. The van der Waals surface area contributed by atoms with Crippen LogP contribution in [0.25, 0.3) is 0 Å². The Bertz CT molecular complexity index is 315. The van der Waals surface area contributed by atoms with Crippen molar-refractivity contribution in [1.29, 1.82) is 5.26 Å². The van der Waals surface area contributed by atoms with Gasteiger partial charge in [-0.05, 0) is 25.1 Å². The first-order chi connectivity index (χ1) is 8.14. The summed E-state index contributed by atoms with van der Waals surface area (Å²) in [4.78, 5) is 11.5. The SMILES string of the molecule is CCOC(=O)C[C@@H](CC#N)O[Si](C)(C)C(C)(C)C. The van der Waals surface area contributed by atoms with E-state index in [-0.39, 0.29) is 30.0 Å². The van der Waals surface area contributed by atoms with Gasteiger partial charge in [0.2, 0.25) is 0 Å². The van der Waals surface area contributed by atoms with Crippen LogP contribution in [0.3, 0.4) is 0 Å². The van der Waals surface area contributed by atoms with Gasteiger partial charge in [0, 0.05) is 0 Å². The third kappa shape index (κ3) is 5.65. The van der Waals surface area contributed by atoms with E-state index in [0.29, 0.717) is 6.61 Å². The van der Waals surface area contributed by atoms with Gasteiger partial charge in [-0.1, -0.05) is 20.8 Å².